The van der Waals surface area contributed by atoms with Crippen LogP contribution in [0, 0.1) is 0 Å². The second kappa shape index (κ2) is 2.09. The zero-order chi connectivity index (χ0) is 5.98. The molecule has 1 atom stereocenters. The molecule has 0 radical (unpaired) electrons. The Morgan fingerprint density at radius 3 is 2.88 bits per heavy atom. The molecule has 0 aromatic carbocycles. The molecule has 44 valence electrons. The molecule has 0 heterocycles. The molecular weight excluding hydrogens is 105 g/mol. The number of hydrogen-bond donors (Lipinski definition) is 1. The summed E-state index contributed by atoms with van der Waals surface area (Å²) in [6.45, 7) is 0. The lowest BCUT2D eigenvalue weighted by Crippen LogP contribution is -2.17. The fourth-order valence-electron chi connectivity index (χ4n) is 0.664. The first kappa shape index (κ1) is 5.51. The van der Waals surface area contributed by atoms with Crippen molar-refractivity contribution < 1.29 is 4.39 Å². The second-order valence-corrected chi connectivity index (χ2v) is 1.87. The van der Waals surface area contributed by atoms with E-state index in [4.69, 9.17) is 5.73 Å². The van der Waals surface area contributed by atoms with Gasteiger partial charge >= 0.3 is 0 Å². The standard InChI is InChI=1S/C6H8FN/c7-5-2-1-3-6(8)4-5/h1-3,6H,4,8H2. The van der Waals surface area contributed by atoms with Crippen LogP contribution in [0.25, 0.3) is 0 Å². The molecule has 1 aliphatic carbocycles. The first-order valence-electron chi connectivity index (χ1n) is 2.57. The first-order chi connectivity index (χ1) is 3.79. The molecular formula is C6H8FN. The van der Waals surface area contributed by atoms with Crippen LogP contribution in [0.2, 0.25) is 0 Å². The second-order valence-electron chi connectivity index (χ2n) is 1.87. The lowest BCUT2D eigenvalue weighted by molar-refractivity contribution is 0.563. The monoisotopic (exact) mass is 113 g/mol. The summed E-state index contributed by atoms with van der Waals surface area (Å²) < 4.78 is 12.2. The minimum atomic E-state index is -0.125. The molecule has 2 heteroatoms. The fraction of sp³-hybridized carbons (Fsp3) is 0.333. The highest BCUT2D eigenvalue weighted by molar-refractivity contribution is 5.16. The van der Waals surface area contributed by atoms with E-state index in [-0.39, 0.29) is 11.9 Å². The van der Waals surface area contributed by atoms with Gasteiger partial charge in [0, 0.05) is 12.5 Å². The summed E-state index contributed by atoms with van der Waals surface area (Å²) in [5.41, 5.74) is 5.36. The van der Waals surface area contributed by atoms with Gasteiger partial charge in [0.1, 0.15) is 5.83 Å². The molecule has 0 saturated carbocycles. The van der Waals surface area contributed by atoms with Crippen molar-refractivity contribution >= 4 is 0 Å². The van der Waals surface area contributed by atoms with Gasteiger partial charge < -0.3 is 5.73 Å². The highest BCUT2D eigenvalue weighted by Crippen LogP contribution is 2.10. The molecule has 8 heavy (non-hydrogen) atoms. The average Bonchev–Trinajstić information content (AvgIpc) is 1.64. The van der Waals surface area contributed by atoms with E-state index in [0.717, 1.165) is 0 Å². The van der Waals surface area contributed by atoms with Crippen molar-refractivity contribution in [1.82, 2.24) is 0 Å². The summed E-state index contributed by atoms with van der Waals surface area (Å²) in [4.78, 5) is 0. The Bertz CT molecular complexity index is 137. The summed E-state index contributed by atoms with van der Waals surface area (Å²) in [5, 5.41) is 0. The zero-order valence-corrected chi connectivity index (χ0v) is 4.47. The van der Waals surface area contributed by atoms with Gasteiger partial charge in [-0.1, -0.05) is 12.2 Å². The van der Waals surface area contributed by atoms with E-state index in [9.17, 15) is 4.39 Å². The number of halogens is 1. The van der Waals surface area contributed by atoms with Crippen molar-refractivity contribution in [2.45, 2.75) is 12.5 Å². The lowest BCUT2D eigenvalue weighted by Gasteiger charge is -2.06. The first-order valence-corrected chi connectivity index (χ1v) is 2.57. The molecule has 0 aliphatic heterocycles. The topological polar surface area (TPSA) is 26.0 Å². The van der Waals surface area contributed by atoms with Gasteiger partial charge in [-0.2, -0.15) is 0 Å². The zero-order valence-electron chi connectivity index (χ0n) is 4.47. The van der Waals surface area contributed by atoms with E-state index < -0.39 is 0 Å². The maximum atomic E-state index is 12.2. The predicted molar refractivity (Wildman–Crippen MR) is 30.9 cm³/mol. The Labute approximate surface area is 47.7 Å². The van der Waals surface area contributed by atoms with Gasteiger partial charge in [-0.25, -0.2) is 4.39 Å². The summed E-state index contributed by atoms with van der Waals surface area (Å²) in [6.07, 6.45) is 5.21. The quantitative estimate of drug-likeness (QED) is 0.500. The van der Waals surface area contributed by atoms with Gasteiger partial charge in [0.05, 0.1) is 0 Å². The van der Waals surface area contributed by atoms with Crippen LogP contribution >= 0.6 is 0 Å². The van der Waals surface area contributed by atoms with E-state index in [0.29, 0.717) is 6.42 Å². The third kappa shape index (κ3) is 1.17. The van der Waals surface area contributed by atoms with Crippen LogP contribution in [-0.4, -0.2) is 6.04 Å². The number of allylic oxidation sites excluding steroid dienone is 2. The Morgan fingerprint density at radius 1 is 1.75 bits per heavy atom. The molecule has 2 N–H and O–H groups in total. The van der Waals surface area contributed by atoms with Gasteiger partial charge in [0.15, 0.2) is 0 Å². The fourth-order valence-corrected chi connectivity index (χ4v) is 0.664. The molecule has 1 rings (SSSR count). The highest BCUT2D eigenvalue weighted by Gasteiger charge is 2.03. The molecule has 1 unspecified atom stereocenters. The van der Waals surface area contributed by atoms with Crippen LogP contribution in [0.3, 0.4) is 0 Å². The van der Waals surface area contributed by atoms with Crippen LogP contribution in [0.1, 0.15) is 6.42 Å². The van der Waals surface area contributed by atoms with Crippen LogP contribution < -0.4 is 5.73 Å². The molecule has 0 spiro atoms. The lowest BCUT2D eigenvalue weighted by atomic mass is 10.1. The van der Waals surface area contributed by atoms with E-state index in [2.05, 4.69) is 0 Å². The third-order valence-corrected chi connectivity index (χ3v) is 1.07. The smallest absolute Gasteiger partial charge is 0.102 e. The van der Waals surface area contributed by atoms with Gasteiger partial charge in [0.25, 0.3) is 0 Å². The normalized spacial score (nSPS) is 27.8. The minimum absolute atomic E-state index is 0.111. The predicted octanol–water partition coefficient (Wildman–Crippen LogP) is 1.13. The third-order valence-electron chi connectivity index (χ3n) is 1.07. The molecule has 0 amide bonds. The van der Waals surface area contributed by atoms with Crippen molar-refractivity contribution in [2.24, 2.45) is 5.73 Å². The van der Waals surface area contributed by atoms with E-state index in [1.54, 1.807) is 12.2 Å². The molecule has 0 bridgehead atoms. The van der Waals surface area contributed by atoms with Gasteiger partial charge in [-0.3, -0.25) is 0 Å². The van der Waals surface area contributed by atoms with E-state index in [1.807, 2.05) is 0 Å². The van der Waals surface area contributed by atoms with E-state index >= 15 is 0 Å². The highest BCUT2D eigenvalue weighted by atomic mass is 19.1. The van der Waals surface area contributed by atoms with Gasteiger partial charge in [-0.15, -0.1) is 0 Å². The Kier molecular flexibility index (Phi) is 1.44. The maximum absolute atomic E-state index is 12.2. The maximum Gasteiger partial charge on any atom is 0.102 e. The SMILES string of the molecule is NC1C=CC=C(F)C1. The molecule has 1 nitrogen and oxygen atoms in total. The van der Waals surface area contributed by atoms with Gasteiger partial charge in [0.2, 0.25) is 0 Å². The van der Waals surface area contributed by atoms with Crippen LogP contribution in [0.5, 0.6) is 0 Å². The molecule has 0 aromatic heterocycles. The average molecular weight is 113 g/mol. The Balaban J connectivity index is 2.59. The minimum Gasteiger partial charge on any atom is -0.324 e. The summed E-state index contributed by atoms with van der Waals surface area (Å²) in [6, 6.07) is -0.111. The van der Waals surface area contributed by atoms with Gasteiger partial charge in [-0.05, 0) is 6.08 Å². The molecule has 0 fully saturated rings. The van der Waals surface area contributed by atoms with E-state index in [1.165, 1.54) is 6.08 Å². The number of rotatable bonds is 0. The summed E-state index contributed by atoms with van der Waals surface area (Å²) >= 11 is 0. The van der Waals surface area contributed by atoms with Crippen molar-refractivity contribution in [3.8, 4) is 0 Å². The van der Waals surface area contributed by atoms with Crippen molar-refractivity contribution in [3.63, 3.8) is 0 Å². The molecule has 0 aromatic rings. The van der Waals surface area contributed by atoms with Crippen LogP contribution in [0.15, 0.2) is 24.1 Å². The Hall–Kier alpha value is -0.630. The van der Waals surface area contributed by atoms with Crippen molar-refractivity contribution in [3.05, 3.63) is 24.1 Å². The van der Waals surface area contributed by atoms with Crippen LogP contribution in [0.4, 0.5) is 4.39 Å². The largest absolute Gasteiger partial charge is 0.324 e. The molecule has 0 saturated heterocycles. The summed E-state index contributed by atoms with van der Waals surface area (Å²) in [7, 11) is 0. The van der Waals surface area contributed by atoms with Crippen molar-refractivity contribution in [1.29, 1.82) is 0 Å². The summed E-state index contributed by atoms with van der Waals surface area (Å²) in [5.74, 6) is -0.125. The Morgan fingerprint density at radius 2 is 2.50 bits per heavy atom. The number of nitrogens with two attached hydrogens (primary N) is 1. The van der Waals surface area contributed by atoms with Crippen molar-refractivity contribution in [2.75, 3.05) is 0 Å². The van der Waals surface area contributed by atoms with Crippen LogP contribution in [-0.2, 0) is 0 Å². The molecule has 1 aliphatic rings. The number of hydrogen-bond acceptors (Lipinski definition) is 1.